The largest absolute Gasteiger partial charge is 0.454 e. The minimum absolute atomic E-state index is 0.156. The molecule has 5 rings (SSSR count). The zero-order chi connectivity index (χ0) is 21.9. The first kappa shape index (κ1) is 19.7. The number of rotatable bonds is 6. The van der Waals surface area contributed by atoms with E-state index in [0.717, 1.165) is 16.5 Å². The molecule has 7 heteroatoms. The number of para-hydroxylation sites is 1. The van der Waals surface area contributed by atoms with Crippen molar-refractivity contribution in [3.63, 3.8) is 0 Å². The highest BCUT2D eigenvalue weighted by molar-refractivity contribution is 5.99. The molecule has 0 saturated carbocycles. The third-order valence-electron chi connectivity index (χ3n) is 5.37. The highest BCUT2D eigenvalue weighted by Crippen LogP contribution is 2.34. The van der Waals surface area contributed by atoms with Crippen molar-refractivity contribution in [2.75, 3.05) is 12.1 Å². The number of anilines is 1. The molecule has 0 bridgehead atoms. The molecule has 1 aromatic heterocycles. The first-order chi connectivity index (χ1) is 15.7. The second-order valence-electron chi connectivity index (χ2n) is 7.50. The summed E-state index contributed by atoms with van der Waals surface area (Å²) < 4.78 is 10.7. The van der Waals surface area contributed by atoms with Crippen LogP contribution in [0.15, 0.2) is 79.0 Å². The molecule has 0 radical (unpaired) electrons. The molecule has 3 N–H and O–H groups in total. The second-order valence-corrected chi connectivity index (χ2v) is 7.50. The van der Waals surface area contributed by atoms with Gasteiger partial charge in [-0.15, -0.1) is 0 Å². The Morgan fingerprint density at radius 2 is 1.72 bits per heavy atom. The molecule has 7 nitrogen and oxygen atoms in total. The van der Waals surface area contributed by atoms with Crippen molar-refractivity contribution in [2.24, 2.45) is 0 Å². The second kappa shape index (κ2) is 8.47. The van der Waals surface area contributed by atoms with E-state index >= 15 is 0 Å². The van der Waals surface area contributed by atoms with Crippen LogP contribution < -0.4 is 20.1 Å². The van der Waals surface area contributed by atoms with E-state index in [2.05, 4.69) is 15.6 Å². The number of carbonyl (C=O) groups is 2. The zero-order valence-electron chi connectivity index (χ0n) is 17.1. The lowest BCUT2D eigenvalue weighted by molar-refractivity contribution is -0.126. The number of ether oxygens (including phenoxy) is 2. The molecule has 2 heterocycles. The monoisotopic (exact) mass is 427 g/mol. The Balaban J connectivity index is 1.35. The normalized spacial score (nSPS) is 13.0. The number of amides is 2. The molecule has 1 aliphatic heterocycles. The molecule has 0 saturated heterocycles. The maximum Gasteiger partial charge on any atom is 0.251 e. The number of aromatic amines is 1. The molecule has 1 unspecified atom stereocenters. The third kappa shape index (κ3) is 4.00. The summed E-state index contributed by atoms with van der Waals surface area (Å²) in [4.78, 5) is 29.2. The van der Waals surface area contributed by atoms with Crippen LogP contribution in [-0.4, -0.2) is 23.6 Å². The van der Waals surface area contributed by atoms with Gasteiger partial charge in [-0.2, -0.15) is 0 Å². The van der Waals surface area contributed by atoms with E-state index in [9.17, 15) is 9.59 Å². The molecule has 2 amide bonds. The van der Waals surface area contributed by atoms with Crippen molar-refractivity contribution in [1.82, 2.24) is 10.3 Å². The Labute approximate surface area is 184 Å². The quantitative estimate of drug-likeness (QED) is 0.435. The number of aromatic nitrogens is 1. The molecule has 4 aromatic rings. The average molecular weight is 427 g/mol. The van der Waals surface area contributed by atoms with Crippen LogP contribution >= 0.6 is 0 Å². The number of H-pyrrole nitrogens is 1. The predicted octanol–water partition coefficient (Wildman–Crippen LogP) is 3.94. The van der Waals surface area contributed by atoms with E-state index in [1.165, 1.54) is 0 Å². The van der Waals surface area contributed by atoms with Gasteiger partial charge in [-0.3, -0.25) is 9.59 Å². The van der Waals surface area contributed by atoms with Crippen molar-refractivity contribution in [3.8, 4) is 11.5 Å². The van der Waals surface area contributed by atoms with Crippen molar-refractivity contribution < 1.29 is 19.1 Å². The fourth-order valence-electron chi connectivity index (χ4n) is 3.80. The lowest BCUT2D eigenvalue weighted by atomic mass is 10.0. The van der Waals surface area contributed by atoms with Crippen LogP contribution in [0.25, 0.3) is 10.9 Å². The topological polar surface area (TPSA) is 92.5 Å². The van der Waals surface area contributed by atoms with Crippen molar-refractivity contribution in [3.05, 3.63) is 90.1 Å². The maximum atomic E-state index is 13.2. The fourth-order valence-corrected chi connectivity index (χ4v) is 3.80. The van der Waals surface area contributed by atoms with Gasteiger partial charge in [0.05, 0.1) is 6.42 Å². The van der Waals surface area contributed by atoms with Gasteiger partial charge in [0.25, 0.3) is 5.91 Å². The van der Waals surface area contributed by atoms with Gasteiger partial charge in [-0.05, 0) is 29.3 Å². The number of carbonyl (C=O) groups excluding carboxylic acids is 2. The molecule has 0 aliphatic carbocycles. The summed E-state index contributed by atoms with van der Waals surface area (Å²) in [6.45, 7) is 0.156. The number of fused-ring (bicyclic) bond motifs is 2. The van der Waals surface area contributed by atoms with Gasteiger partial charge >= 0.3 is 0 Å². The fraction of sp³-hybridized carbons (Fsp3) is 0.120. The van der Waals surface area contributed by atoms with Crippen LogP contribution in [0.2, 0.25) is 0 Å². The van der Waals surface area contributed by atoms with Gasteiger partial charge in [0.1, 0.15) is 6.04 Å². The zero-order valence-corrected chi connectivity index (χ0v) is 17.1. The summed E-state index contributed by atoms with van der Waals surface area (Å²) in [5.41, 5.74) is 3.10. The van der Waals surface area contributed by atoms with Crippen LogP contribution in [0, 0.1) is 0 Å². The number of benzene rings is 3. The minimum Gasteiger partial charge on any atom is -0.454 e. The van der Waals surface area contributed by atoms with E-state index in [1.54, 1.807) is 18.2 Å². The molecular formula is C25H21N3O4. The van der Waals surface area contributed by atoms with E-state index in [1.807, 2.05) is 60.8 Å². The minimum atomic E-state index is -0.848. The predicted molar refractivity (Wildman–Crippen MR) is 121 cm³/mol. The van der Waals surface area contributed by atoms with Gasteiger partial charge in [0, 0.05) is 28.9 Å². The van der Waals surface area contributed by atoms with Crippen molar-refractivity contribution in [2.45, 2.75) is 12.5 Å². The molecule has 160 valence electrons. The smallest absolute Gasteiger partial charge is 0.251 e. The number of hydrogen-bond acceptors (Lipinski definition) is 4. The molecule has 3 aromatic carbocycles. The maximum absolute atomic E-state index is 13.2. The summed E-state index contributed by atoms with van der Waals surface area (Å²) in [6, 6.07) is 21.3. The van der Waals surface area contributed by atoms with Crippen molar-refractivity contribution >= 4 is 28.4 Å². The summed E-state index contributed by atoms with van der Waals surface area (Å²) in [5.74, 6) is 0.615. The number of nitrogens with one attached hydrogen (secondary N) is 3. The first-order valence-electron chi connectivity index (χ1n) is 10.3. The Morgan fingerprint density at radius 1 is 0.938 bits per heavy atom. The summed E-state index contributed by atoms with van der Waals surface area (Å²) in [7, 11) is 0. The van der Waals surface area contributed by atoms with E-state index < -0.39 is 6.04 Å². The standard InChI is InChI=1S/C25H21N3O4/c29-23(12-17-14-26-20-9-5-4-8-19(17)20)28-24(16-6-2-1-3-7-16)25(30)27-18-10-11-21-22(13-18)32-15-31-21/h1-11,13-14,24,26H,12,15H2,(H,27,30)(H,28,29). The lowest BCUT2D eigenvalue weighted by Crippen LogP contribution is -2.37. The van der Waals surface area contributed by atoms with Crippen LogP contribution in [0.5, 0.6) is 11.5 Å². The SMILES string of the molecule is O=C(Cc1c[nH]c2ccccc12)NC(C(=O)Nc1ccc2c(c1)OCO2)c1ccccc1. The third-order valence-corrected chi connectivity index (χ3v) is 5.37. The highest BCUT2D eigenvalue weighted by atomic mass is 16.7. The van der Waals surface area contributed by atoms with Crippen molar-refractivity contribution in [1.29, 1.82) is 0 Å². The summed E-state index contributed by atoms with van der Waals surface area (Å²) in [6.07, 6.45) is 1.99. The summed E-state index contributed by atoms with van der Waals surface area (Å²) >= 11 is 0. The van der Waals surface area contributed by atoms with Crippen LogP contribution in [-0.2, 0) is 16.0 Å². The van der Waals surface area contributed by atoms with Gasteiger partial charge < -0.3 is 25.1 Å². The lowest BCUT2D eigenvalue weighted by Gasteiger charge is -2.19. The Hall–Kier alpha value is -4.26. The van der Waals surface area contributed by atoms with E-state index in [4.69, 9.17) is 9.47 Å². The Kier molecular flexibility index (Phi) is 5.21. The molecule has 32 heavy (non-hydrogen) atoms. The van der Waals surface area contributed by atoms with Crippen LogP contribution in [0.3, 0.4) is 0 Å². The van der Waals surface area contributed by atoms with E-state index in [0.29, 0.717) is 22.7 Å². The van der Waals surface area contributed by atoms with Crippen LogP contribution in [0.4, 0.5) is 5.69 Å². The number of hydrogen-bond donors (Lipinski definition) is 3. The van der Waals surface area contributed by atoms with Gasteiger partial charge in [-0.25, -0.2) is 0 Å². The van der Waals surface area contributed by atoms with Gasteiger partial charge in [0.2, 0.25) is 12.7 Å². The van der Waals surface area contributed by atoms with E-state index in [-0.39, 0.29) is 25.0 Å². The molecule has 1 aliphatic rings. The molecule has 0 spiro atoms. The van der Waals surface area contributed by atoms with Gasteiger partial charge in [0.15, 0.2) is 11.5 Å². The van der Waals surface area contributed by atoms with Gasteiger partial charge in [-0.1, -0.05) is 48.5 Å². The molecule has 0 fully saturated rings. The average Bonchev–Trinajstić information content (AvgIpc) is 3.45. The highest BCUT2D eigenvalue weighted by Gasteiger charge is 2.24. The van der Waals surface area contributed by atoms with Crippen LogP contribution in [0.1, 0.15) is 17.2 Å². The Bertz CT molecular complexity index is 1280. The first-order valence-corrected chi connectivity index (χ1v) is 10.3. The molecule has 1 atom stereocenters. The Morgan fingerprint density at radius 3 is 2.59 bits per heavy atom. The summed E-state index contributed by atoms with van der Waals surface area (Å²) in [5, 5.41) is 6.75. The molecular weight excluding hydrogens is 406 g/mol.